The molecule has 116 valence electrons. The van der Waals surface area contributed by atoms with E-state index in [1.807, 2.05) is 26.0 Å². The Morgan fingerprint density at radius 1 is 1.27 bits per heavy atom. The Balaban J connectivity index is 2.35. The summed E-state index contributed by atoms with van der Waals surface area (Å²) in [4.78, 5) is 30.3. The predicted molar refractivity (Wildman–Crippen MR) is 85.7 cm³/mol. The van der Waals surface area contributed by atoms with E-state index in [9.17, 15) is 9.59 Å². The van der Waals surface area contributed by atoms with Gasteiger partial charge in [-0.25, -0.2) is 0 Å². The Kier molecular flexibility index (Phi) is 5.09. The number of rotatable bonds is 5. The second-order valence-corrected chi connectivity index (χ2v) is 5.16. The second kappa shape index (κ2) is 7.02. The van der Waals surface area contributed by atoms with Crippen molar-refractivity contribution in [3.8, 4) is 0 Å². The molecule has 0 saturated heterocycles. The van der Waals surface area contributed by atoms with E-state index in [0.29, 0.717) is 12.1 Å². The van der Waals surface area contributed by atoms with Crippen molar-refractivity contribution < 1.29 is 4.79 Å². The Morgan fingerprint density at radius 3 is 2.50 bits per heavy atom. The quantitative estimate of drug-likeness (QED) is 0.852. The normalized spacial score (nSPS) is 12.0. The van der Waals surface area contributed by atoms with Crippen molar-refractivity contribution in [3.05, 3.63) is 64.3 Å². The second-order valence-electron chi connectivity index (χ2n) is 5.16. The van der Waals surface area contributed by atoms with Crippen LogP contribution in [0.4, 0.5) is 0 Å². The molecular formula is C17H21N3O2. The molecule has 0 aliphatic carbocycles. The largest absolute Gasteiger partial charge is 0.332 e. The van der Waals surface area contributed by atoms with E-state index in [4.69, 9.17) is 0 Å². The molecule has 5 nitrogen and oxygen atoms in total. The molecule has 1 unspecified atom stereocenters. The number of hydrogen-bond acceptors (Lipinski definition) is 3. The maximum atomic E-state index is 12.8. The van der Waals surface area contributed by atoms with Gasteiger partial charge < -0.3 is 9.47 Å². The van der Waals surface area contributed by atoms with Crippen molar-refractivity contribution in [2.75, 3.05) is 6.54 Å². The SMILES string of the molecule is CCC(c1ccncc1)N(CC)C(=O)c1ccn(C)c(=O)c1. The van der Waals surface area contributed by atoms with Gasteiger partial charge in [0.05, 0.1) is 6.04 Å². The average molecular weight is 299 g/mol. The van der Waals surface area contributed by atoms with E-state index in [0.717, 1.165) is 12.0 Å². The molecule has 0 saturated carbocycles. The standard InChI is InChI=1S/C17H21N3O2/c1-4-15(13-6-9-18-10-7-13)20(5-2)17(22)14-8-11-19(3)16(21)12-14/h6-12,15H,4-5H2,1-3H3. The van der Waals surface area contributed by atoms with E-state index in [1.54, 1.807) is 36.6 Å². The monoisotopic (exact) mass is 299 g/mol. The summed E-state index contributed by atoms with van der Waals surface area (Å²) in [5.41, 5.74) is 1.30. The molecule has 0 aromatic carbocycles. The first-order valence-corrected chi connectivity index (χ1v) is 7.46. The highest BCUT2D eigenvalue weighted by Gasteiger charge is 2.23. The minimum Gasteiger partial charge on any atom is -0.332 e. The lowest BCUT2D eigenvalue weighted by Gasteiger charge is -2.30. The van der Waals surface area contributed by atoms with Crippen molar-refractivity contribution in [1.29, 1.82) is 0 Å². The zero-order chi connectivity index (χ0) is 16.1. The van der Waals surface area contributed by atoms with E-state index >= 15 is 0 Å². The van der Waals surface area contributed by atoms with Gasteiger partial charge in [0.25, 0.3) is 11.5 Å². The molecule has 0 fully saturated rings. The van der Waals surface area contributed by atoms with Crippen LogP contribution in [0.15, 0.2) is 47.7 Å². The molecule has 2 aromatic rings. The van der Waals surface area contributed by atoms with Crippen LogP contribution in [-0.4, -0.2) is 26.9 Å². The Labute approximate surface area is 130 Å². The molecule has 22 heavy (non-hydrogen) atoms. The Bertz CT molecular complexity index is 695. The summed E-state index contributed by atoms with van der Waals surface area (Å²) in [6.45, 7) is 4.57. The van der Waals surface area contributed by atoms with Gasteiger partial charge in [0.15, 0.2) is 0 Å². The van der Waals surface area contributed by atoms with Gasteiger partial charge >= 0.3 is 0 Å². The molecule has 0 aliphatic heterocycles. The molecule has 0 spiro atoms. The van der Waals surface area contributed by atoms with E-state index in [2.05, 4.69) is 4.98 Å². The molecule has 1 atom stereocenters. The molecule has 0 bridgehead atoms. The van der Waals surface area contributed by atoms with Crippen molar-refractivity contribution >= 4 is 5.91 Å². The average Bonchev–Trinajstić information content (AvgIpc) is 2.55. The lowest BCUT2D eigenvalue weighted by atomic mass is 10.0. The number of aromatic nitrogens is 2. The number of carbonyl (C=O) groups excluding carboxylic acids is 1. The van der Waals surface area contributed by atoms with Gasteiger partial charge in [-0.15, -0.1) is 0 Å². The van der Waals surface area contributed by atoms with Crippen LogP contribution in [0.2, 0.25) is 0 Å². The fourth-order valence-electron chi connectivity index (χ4n) is 2.57. The summed E-state index contributed by atoms with van der Waals surface area (Å²) in [5.74, 6) is -0.121. The topological polar surface area (TPSA) is 55.2 Å². The highest BCUT2D eigenvalue weighted by Crippen LogP contribution is 2.25. The Morgan fingerprint density at radius 2 is 1.95 bits per heavy atom. The highest BCUT2D eigenvalue weighted by atomic mass is 16.2. The van der Waals surface area contributed by atoms with Crippen LogP contribution in [0, 0.1) is 0 Å². The maximum Gasteiger partial charge on any atom is 0.254 e. The summed E-state index contributed by atoms with van der Waals surface area (Å²) in [6, 6.07) is 6.91. The molecule has 1 amide bonds. The van der Waals surface area contributed by atoms with Crippen LogP contribution in [0.25, 0.3) is 0 Å². The van der Waals surface area contributed by atoms with Crippen LogP contribution in [-0.2, 0) is 7.05 Å². The molecule has 2 rings (SSSR count). The third-order valence-electron chi connectivity index (χ3n) is 3.81. The van der Waals surface area contributed by atoms with E-state index in [1.165, 1.54) is 10.6 Å². The van der Waals surface area contributed by atoms with Crippen molar-refractivity contribution in [1.82, 2.24) is 14.5 Å². The molecule has 2 heterocycles. The molecule has 0 aliphatic rings. The van der Waals surface area contributed by atoms with Crippen molar-refractivity contribution in [2.45, 2.75) is 26.3 Å². The first-order chi connectivity index (χ1) is 10.6. The molecule has 5 heteroatoms. The van der Waals surface area contributed by atoms with Crippen LogP contribution in [0.5, 0.6) is 0 Å². The number of nitrogens with zero attached hydrogens (tertiary/aromatic N) is 3. The minimum atomic E-state index is -0.182. The maximum absolute atomic E-state index is 12.8. The summed E-state index contributed by atoms with van der Waals surface area (Å²) in [5, 5.41) is 0. The summed E-state index contributed by atoms with van der Waals surface area (Å²) in [7, 11) is 1.67. The number of hydrogen-bond donors (Lipinski definition) is 0. The van der Waals surface area contributed by atoms with Crippen LogP contribution >= 0.6 is 0 Å². The lowest BCUT2D eigenvalue weighted by molar-refractivity contribution is 0.0682. The van der Waals surface area contributed by atoms with E-state index < -0.39 is 0 Å². The number of carbonyl (C=O) groups is 1. The van der Waals surface area contributed by atoms with E-state index in [-0.39, 0.29) is 17.5 Å². The van der Waals surface area contributed by atoms with Gasteiger partial charge in [0.1, 0.15) is 0 Å². The minimum absolute atomic E-state index is 0.0236. The van der Waals surface area contributed by atoms with Gasteiger partial charge in [-0.3, -0.25) is 14.6 Å². The van der Waals surface area contributed by atoms with Crippen molar-refractivity contribution in [3.63, 3.8) is 0 Å². The van der Waals surface area contributed by atoms with Gasteiger partial charge in [0, 0.05) is 43.8 Å². The zero-order valence-corrected chi connectivity index (χ0v) is 13.2. The van der Waals surface area contributed by atoms with Crippen LogP contribution in [0.1, 0.15) is 42.2 Å². The number of pyridine rings is 2. The van der Waals surface area contributed by atoms with Crippen molar-refractivity contribution in [2.24, 2.45) is 7.05 Å². The molecule has 2 aromatic heterocycles. The van der Waals surface area contributed by atoms with Crippen LogP contribution in [0.3, 0.4) is 0 Å². The summed E-state index contributed by atoms with van der Waals surface area (Å²) < 4.78 is 1.45. The first kappa shape index (κ1) is 15.9. The smallest absolute Gasteiger partial charge is 0.254 e. The predicted octanol–water partition coefficient (Wildman–Crippen LogP) is 2.39. The summed E-state index contributed by atoms with van der Waals surface area (Å²) in [6.07, 6.45) is 5.88. The van der Waals surface area contributed by atoms with Gasteiger partial charge in [0.2, 0.25) is 0 Å². The highest BCUT2D eigenvalue weighted by molar-refractivity contribution is 5.94. The fraction of sp³-hybridized carbons (Fsp3) is 0.353. The van der Waals surface area contributed by atoms with Gasteiger partial charge in [-0.1, -0.05) is 6.92 Å². The number of aryl methyl sites for hydroxylation is 1. The third-order valence-corrected chi connectivity index (χ3v) is 3.81. The third kappa shape index (κ3) is 3.24. The summed E-state index contributed by atoms with van der Waals surface area (Å²) >= 11 is 0. The fourth-order valence-corrected chi connectivity index (χ4v) is 2.57. The Hall–Kier alpha value is -2.43. The first-order valence-electron chi connectivity index (χ1n) is 7.46. The van der Waals surface area contributed by atoms with Crippen LogP contribution < -0.4 is 5.56 Å². The lowest BCUT2D eigenvalue weighted by Crippen LogP contribution is -2.35. The molecular weight excluding hydrogens is 278 g/mol. The number of amides is 1. The molecule has 0 N–H and O–H groups in total. The zero-order valence-electron chi connectivity index (χ0n) is 13.2. The van der Waals surface area contributed by atoms with Gasteiger partial charge in [-0.05, 0) is 37.1 Å². The van der Waals surface area contributed by atoms with Gasteiger partial charge in [-0.2, -0.15) is 0 Å². The molecule has 0 radical (unpaired) electrons.